The molecule has 152 valence electrons. The van der Waals surface area contributed by atoms with Crippen LogP contribution in [0.3, 0.4) is 0 Å². The number of benzene rings is 1. The van der Waals surface area contributed by atoms with Crippen LogP contribution in [0.25, 0.3) is 0 Å². The quantitative estimate of drug-likeness (QED) is 0.348. The van der Waals surface area contributed by atoms with Crippen LogP contribution in [0.1, 0.15) is 26.2 Å². The molecule has 0 spiro atoms. The number of nitrogens with zero attached hydrogens (tertiary/aromatic N) is 1. The van der Waals surface area contributed by atoms with Crippen LogP contribution in [0.5, 0.6) is 5.75 Å². The van der Waals surface area contributed by atoms with Crippen molar-refractivity contribution in [1.29, 1.82) is 0 Å². The molecule has 1 aliphatic rings. The zero-order valence-corrected chi connectivity index (χ0v) is 15.8. The maximum Gasteiger partial charge on any atom is 0.191 e. The molecule has 0 aliphatic carbocycles. The van der Waals surface area contributed by atoms with Crippen molar-refractivity contribution in [2.75, 3.05) is 46.1 Å². The Labute approximate surface area is 159 Å². The number of guanidine groups is 1. The van der Waals surface area contributed by atoms with Gasteiger partial charge in [-0.25, -0.2) is 8.78 Å². The van der Waals surface area contributed by atoms with Crippen molar-refractivity contribution >= 4 is 5.96 Å². The van der Waals surface area contributed by atoms with Gasteiger partial charge in [-0.1, -0.05) is 0 Å². The summed E-state index contributed by atoms with van der Waals surface area (Å²) in [5, 5.41) is 6.25. The first-order valence-corrected chi connectivity index (χ1v) is 9.48. The Bertz CT molecular complexity index is 581. The first-order valence-electron chi connectivity index (χ1n) is 9.48. The van der Waals surface area contributed by atoms with Gasteiger partial charge in [-0.05, 0) is 38.3 Å². The molecule has 0 radical (unpaired) electrons. The molecule has 0 saturated carbocycles. The predicted molar refractivity (Wildman–Crippen MR) is 100 cm³/mol. The zero-order chi connectivity index (χ0) is 19.3. The van der Waals surface area contributed by atoms with Gasteiger partial charge in [0.25, 0.3) is 0 Å². The van der Waals surface area contributed by atoms with Gasteiger partial charge in [-0.2, -0.15) is 0 Å². The lowest BCUT2D eigenvalue weighted by atomic mass is 10.2. The molecule has 1 aromatic rings. The fraction of sp³-hybridized carbons (Fsp3) is 0.632. The molecule has 1 aliphatic heterocycles. The Kier molecular flexibility index (Phi) is 9.86. The van der Waals surface area contributed by atoms with E-state index in [1.54, 1.807) is 0 Å². The summed E-state index contributed by atoms with van der Waals surface area (Å²) in [6.45, 7) is 6.16. The molecule has 2 N–H and O–H groups in total. The number of hydrogen-bond donors (Lipinski definition) is 2. The van der Waals surface area contributed by atoms with E-state index in [4.69, 9.17) is 14.2 Å². The lowest BCUT2D eigenvalue weighted by Gasteiger charge is -2.13. The van der Waals surface area contributed by atoms with Crippen molar-refractivity contribution in [3.8, 4) is 5.75 Å². The zero-order valence-electron chi connectivity index (χ0n) is 15.8. The average molecular weight is 385 g/mol. The van der Waals surface area contributed by atoms with E-state index in [-0.39, 0.29) is 18.5 Å². The van der Waals surface area contributed by atoms with Gasteiger partial charge in [-0.15, -0.1) is 0 Å². The van der Waals surface area contributed by atoms with E-state index in [1.165, 1.54) is 6.07 Å². The molecule has 0 aromatic heterocycles. The second kappa shape index (κ2) is 12.5. The lowest BCUT2D eigenvalue weighted by Crippen LogP contribution is -2.39. The number of rotatable bonds is 11. The second-order valence-corrected chi connectivity index (χ2v) is 6.17. The summed E-state index contributed by atoms with van der Waals surface area (Å²) in [7, 11) is 0. The summed E-state index contributed by atoms with van der Waals surface area (Å²) in [6, 6.07) is 3.24. The summed E-state index contributed by atoms with van der Waals surface area (Å²) >= 11 is 0. The highest BCUT2D eigenvalue weighted by Gasteiger charge is 2.14. The molecule has 1 saturated heterocycles. The average Bonchev–Trinajstić information content (AvgIpc) is 3.16. The largest absolute Gasteiger partial charge is 0.489 e. The van der Waals surface area contributed by atoms with Crippen molar-refractivity contribution in [2.24, 2.45) is 4.99 Å². The van der Waals surface area contributed by atoms with Gasteiger partial charge in [0.05, 0.1) is 19.3 Å². The second-order valence-electron chi connectivity index (χ2n) is 6.17. The summed E-state index contributed by atoms with van der Waals surface area (Å²) in [4.78, 5) is 4.46. The highest BCUT2D eigenvalue weighted by Crippen LogP contribution is 2.17. The number of aliphatic imine (C=N–C) groups is 1. The van der Waals surface area contributed by atoms with Crippen LogP contribution in [0, 0.1) is 11.6 Å². The number of halogens is 2. The van der Waals surface area contributed by atoms with Gasteiger partial charge in [0.2, 0.25) is 0 Å². The molecule has 0 amide bonds. The van der Waals surface area contributed by atoms with Gasteiger partial charge in [0.1, 0.15) is 12.4 Å². The molecule has 6 nitrogen and oxygen atoms in total. The lowest BCUT2D eigenvalue weighted by molar-refractivity contribution is 0.0171. The maximum absolute atomic E-state index is 13.5. The van der Waals surface area contributed by atoms with Crippen LogP contribution < -0.4 is 15.4 Å². The van der Waals surface area contributed by atoms with E-state index in [1.807, 2.05) is 6.92 Å². The van der Waals surface area contributed by atoms with Crippen molar-refractivity contribution in [3.63, 3.8) is 0 Å². The van der Waals surface area contributed by atoms with E-state index in [9.17, 15) is 8.78 Å². The van der Waals surface area contributed by atoms with Crippen LogP contribution in [0.2, 0.25) is 0 Å². The van der Waals surface area contributed by atoms with Gasteiger partial charge in [0.15, 0.2) is 17.5 Å². The fourth-order valence-electron chi connectivity index (χ4n) is 2.61. The van der Waals surface area contributed by atoms with Crippen molar-refractivity contribution in [2.45, 2.75) is 32.3 Å². The standard InChI is InChI=1S/C19H29F2N3O3/c1-2-22-19(23-8-4-10-25-14-16-5-3-11-26-16)24-9-12-27-18-7-6-15(20)13-17(18)21/h6-7,13,16H,2-5,8-12,14H2,1H3,(H2,22,23,24). The number of nitrogens with one attached hydrogen (secondary N) is 2. The SMILES string of the molecule is CCNC(=NCCCOCC1CCCO1)NCCOc1ccc(F)cc1F. The van der Waals surface area contributed by atoms with Crippen molar-refractivity contribution in [1.82, 2.24) is 10.6 Å². The minimum Gasteiger partial charge on any atom is -0.489 e. The minimum atomic E-state index is -0.710. The summed E-state index contributed by atoms with van der Waals surface area (Å²) in [6.07, 6.45) is 3.27. The van der Waals surface area contributed by atoms with Crippen LogP contribution in [0.15, 0.2) is 23.2 Å². The first-order chi connectivity index (χ1) is 13.2. The molecule has 1 atom stereocenters. The fourth-order valence-corrected chi connectivity index (χ4v) is 2.61. The van der Waals surface area contributed by atoms with Crippen LogP contribution in [-0.4, -0.2) is 58.1 Å². The van der Waals surface area contributed by atoms with Crippen molar-refractivity contribution in [3.05, 3.63) is 29.8 Å². The normalized spacial score (nSPS) is 17.1. The van der Waals surface area contributed by atoms with Gasteiger partial charge < -0.3 is 24.8 Å². The molecule has 27 heavy (non-hydrogen) atoms. The Hall–Kier alpha value is -1.93. The van der Waals surface area contributed by atoms with Gasteiger partial charge >= 0.3 is 0 Å². The Morgan fingerprint density at radius 2 is 2.19 bits per heavy atom. The molecule has 1 fully saturated rings. The monoisotopic (exact) mass is 385 g/mol. The molecular formula is C19H29F2N3O3. The minimum absolute atomic E-state index is 0.0310. The predicted octanol–water partition coefficient (Wildman–Crippen LogP) is 2.48. The molecule has 1 heterocycles. The van der Waals surface area contributed by atoms with E-state index in [2.05, 4.69) is 15.6 Å². The van der Waals surface area contributed by atoms with E-state index >= 15 is 0 Å². The Morgan fingerprint density at radius 1 is 1.30 bits per heavy atom. The molecule has 1 unspecified atom stereocenters. The highest BCUT2D eigenvalue weighted by molar-refractivity contribution is 5.79. The third kappa shape index (κ3) is 8.53. The number of hydrogen-bond acceptors (Lipinski definition) is 4. The first kappa shape index (κ1) is 21.4. The summed E-state index contributed by atoms with van der Waals surface area (Å²) in [5.41, 5.74) is 0. The Balaban J connectivity index is 1.59. The molecular weight excluding hydrogens is 356 g/mol. The van der Waals surface area contributed by atoms with Crippen LogP contribution in [0.4, 0.5) is 8.78 Å². The van der Waals surface area contributed by atoms with Crippen LogP contribution in [-0.2, 0) is 9.47 Å². The highest BCUT2D eigenvalue weighted by atomic mass is 19.1. The molecule has 8 heteroatoms. The molecule has 1 aromatic carbocycles. The topological polar surface area (TPSA) is 64.1 Å². The van der Waals surface area contributed by atoms with E-state index in [0.717, 1.165) is 44.5 Å². The maximum atomic E-state index is 13.5. The summed E-state index contributed by atoms with van der Waals surface area (Å²) in [5.74, 6) is -0.638. The Morgan fingerprint density at radius 3 is 2.93 bits per heavy atom. The smallest absolute Gasteiger partial charge is 0.191 e. The molecule has 0 bridgehead atoms. The van der Waals surface area contributed by atoms with E-state index < -0.39 is 11.6 Å². The van der Waals surface area contributed by atoms with Gasteiger partial charge in [0, 0.05) is 32.4 Å². The number of ether oxygens (including phenoxy) is 3. The molecule has 2 rings (SSSR count). The van der Waals surface area contributed by atoms with Gasteiger partial charge in [-0.3, -0.25) is 4.99 Å². The third-order valence-corrected chi connectivity index (χ3v) is 3.93. The third-order valence-electron chi connectivity index (χ3n) is 3.93. The summed E-state index contributed by atoms with van der Waals surface area (Å²) < 4.78 is 42.8. The van der Waals surface area contributed by atoms with E-state index in [0.29, 0.717) is 32.3 Å². The van der Waals surface area contributed by atoms with Crippen molar-refractivity contribution < 1.29 is 23.0 Å². The van der Waals surface area contributed by atoms with Crippen LogP contribution >= 0.6 is 0 Å².